The van der Waals surface area contributed by atoms with E-state index in [1.54, 1.807) is 0 Å². The number of rotatable bonds is 9. The molecule has 0 aromatic carbocycles. The zero-order chi connectivity index (χ0) is 14.5. The van der Waals surface area contributed by atoms with E-state index in [1.807, 2.05) is 0 Å². The predicted octanol–water partition coefficient (Wildman–Crippen LogP) is 3.91. The molecule has 0 aliphatic heterocycles. The lowest BCUT2D eigenvalue weighted by molar-refractivity contribution is 0.186. The van der Waals surface area contributed by atoms with Crippen LogP contribution in [0.4, 0.5) is 0 Å². The Morgan fingerprint density at radius 1 is 1.21 bits per heavy atom. The molecule has 1 saturated carbocycles. The first-order valence-electron chi connectivity index (χ1n) is 8.32. The molecule has 0 saturated heterocycles. The molecule has 0 spiro atoms. The van der Waals surface area contributed by atoms with Crippen molar-refractivity contribution in [2.75, 3.05) is 19.6 Å². The molecule has 1 atom stereocenters. The van der Waals surface area contributed by atoms with Gasteiger partial charge in [0.2, 0.25) is 0 Å². The summed E-state index contributed by atoms with van der Waals surface area (Å²) in [5.41, 5.74) is 0.363. The number of hydrogen-bond acceptors (Lipinski definition) is 2. The lowest BCUT2D eigenvalue weighted by Crippen LogP contribution is -2.44. The summed E-state index contributed by atoms with van der Waals surface area (Å²) in [5.74, 6) is 0.789. The highest BCUT2D eigenvalue weighted by Crippen LogP contribution is 2.29. The van der Waals surface area contributed by atoms with Gasteiger partial charge in [0.25, 0.3) is 0 Å². The van der Waals surface area contributed by atoms with Crippen molar-refractivity contribution in [3.8, 4) is 0 Å². The van der Waals surface area contributed by atoms with E-state index in [0.717, 1.165) is 18.5 Å². The van der Waals surface area contributed by atoms with E-state index in [0.29, 0.717) is 11.5 Å². The van der Waals surface area contributed by atoms with Crippen LogP contribution < -0.4 is 5.32 Å². The summed E-state index contributed by atoms with van der Waals surface area (Å²) in [6.45, 7) is 17.7. The fourth-order valence-corrected chi connectivity index (χ4v) is 2.79. The number of nitrogens with zero attached hydrogens (tertiary/aromatic N) is 1. The highest BCUT2D eigenvalue weighted by Gasteiger charge is 2.31. The Morgan fingerprint density at radius 3 is 2.26 bits per heavy atom. The van der Waals surface area contributed by atoms with Gasteiger partial charge in [0, 0.05) is 18.6 Å². The fourth-order valence-electron chi connectivity index (χ4n) is 2.79. The van der Waals surface area contributed by atoms with Crippen LogP contribution in [0.2, 0.25) is 0 Å². The van der Waals surface area contributed by atoms with Crippen LogP contribution in [0.1, 0.15) is 67.2 Å². The molecular weight excluding hydrogens is 232 g/mol. The summed E-state index contributed by atoms with van der Waals surface area (Å²) in [5, 5.41) is 3.75. The van der Waals surface area contributed by atoms with Gasteiger partial charge in [0.05, 0.1) is 0 Å². The van der Waals surface area contributed by atoms with E-state index >= 15 is 0 Å². The maximum Gasteiger partial charge on any atom is 0.0128 e. The second-order valence-electron chi connectivity index (χ2n) is 7.78. The Morgan fingerprint density at radius 2 is 1.84 bits per heavy atom. The molecule has 1 aliphatic rings. The van der Waals surface area contributed by atoms with Crippen LogP contribution in [0.15, 0.2) is 0 Å². The average molecular weight is 268 g/mol. The van der Waals surface area contributed by atoms with Crippen LogP contribution in [0.5, 0.6) is 0 Å². The molecule has 1 fully saturated rings. The number of hydrogen-bond donors (Lipinski definition) is 1. The largest absolute Gasteiger partial charge is 0.313 e. The van der Waals surface area contributed by atoms with Crippen LogP contribution in [0.3, 0.4) is 0 Å². The molecule has 114 valence electrons. The van der Waals surface area contributed by atoms with E-state index in [2.05, 4.69) is 51.8 Å². The normalized spacial score (nSPS) is 18.3. The summed E-state index contributed by atoms with van der Waals surface area (Å²) < 4.78 is 0. The average Bonchev–Trinajstić information content (AvgIpc) is 3.08. The van der Waals surface area contributed by atoms with Crippen molar-refractivity contribution in [1.82, 2.24) is 10.2 Å². The topological polar surface area (TPSA) is 15.3 Å². The summed E-state index contributed by atoms with van der Waals surface area (Å²) in [6, 6.07) is 1.54. The quantitative estimate of drug-likeness (QED) is 0.682. The molecular formula is C17H36N2. The fraction of sp³-hybridized carbons (Fsp3) is 1.00. The summed E-state index contributed by atoms with van der Waals surface area (Å²) >= 11 is 0. The van der Waals surface area contributed by atoms with E-state index in [-0.39, 0.29) is 0 Å². The van der Waals surface area contributed by atoms with Crippen LogP contribution in [0.25, 0.3) is 0 Å². The minimum Gasteiger partial charge on any atom is -0.313 e. The Bertz CT molecular complexity index is 238. The van der Waals surface area contributed by atoms with Crippen molar-refractivity contribution in [2.24, 2.45) is 11.3 Å². The lowest BCUT2D eigenvalue weighted by atomic mass is 9.84. The molecule has 2 nitrogen and oxygen atoms in total. The standard InChI is InChI=1S/C17H36N2/c1-7-11-18-16(17(4,5)6)10-12-19(13-14(2)3)15-8-9-15/h14-16,18H,7-13H2,1-6H3. The SMILES string of the molecule is CCCNC(CCN(CC(C)C)C1CC1)C(C)(C)C. The third kappa shape index (κ3) is 6.76. The van der Waals surface area contributed by atoms with Gasteiger partial charge < -0.3 is 10.2 Å². The second-order valence-corrected chi connectivity index (χ2v) is 7.78. The van der Waals surface area contributed by atoms with E-state index < -0.39 is 0 Å². The first-order valence-corrected chi connectivity index (χ1v) is 8.32. The molecule has 1 unspecified atom stereocenters. The highest BCUT2D eigenvalue weighted by molar-refractivity contribution is 4.87. The molecule has 0 aromatic heterocycles. The van der Waals surface area contributed by atoms with E-state index in [1.165, 1.54) is 38.8 Å². The van der Waals surface area contributed by atoms with Gasteiger partial charge in [0.1, 0.15) is 0 Å². The molecule has 2 heteroatoms. The Labute approximate surface area is 121 Å². The zero-order valence-electron chi connectivity index (χ0n) is 14.1. The maximum absolute atomic E-state index is 3.75. The smallest absolute Gasteiger partial charge is 0.0128 e. The zero-order valence-corrected chi connectivity index (χ0v) is 14.1. The molecule has 1 aliphatic carbocycles. The molecule has 0 radical (unpaired) electrons. The van der Waals surface area contributed by atoms with Gasteiger partial charge >= 0.3 is 0 Å². The molecule has 0 bridgehead atoms. The van der Waals surface area contributed by atoms with Gasteiger partial charge in [-0.1, -0.05) is 41.5 Å². The second kappa shape index (κ2) is 7.64. The monoisotopic (exact) mass is 268 g/mol. The van der Waals surface area contributed by atoms with Gasteiger partial charge in [-0.2, -0.15) is 0 Å². The highest BCUT2D eigenvalue weighted by atomic mass is 15.2. The minimum absolute atomic E-state index is 0.363. The number of nitrogens with one attached hydrogen (secondary N) is 1. The summed E-state index contributed by atoms with van der Waals surface area (Å²) in [4.78, 5) is 2.73. The van der Waals surface area contributed by atoms with Gasteiger partial charge in [-0.15, -0.1) is 0 Å². The third-order valence-electron chi connectivity index (χ3n) is 4.05. The Balaban J connectivity index is 2.43. The first kappa shape index (κ1) is 17.0. The Kier molecular flexibility index (Phi) is 6.82. The minimum atomic E-state index is 0.363. The molecule has 0 aromatic rings. The predicted molar refractivity (Wildman–Crippen MR) is 85.6 cm³/mol. The third-order valence-corrected chi connectivity index (χ3v) is 4.05. The van der Waals surface area contributed by atoms with Crippen molar-refractivity contribution >= 4 is 0 Å². The van der Waals surface area contributed by atoms with Crippen molar-refractivity contribution < 1.29 is 0 Å². The van der Waals surface area contributed by atoms with Gasteiger partial charge in [0.15, 0.2) is 0 Å². The van der Waals surface area contributed by atoms with Gasteiger partial charge in [-0.3, -0.25) is 0 Å². The summed E-state index contributed by atoms with van der Waals surface area (Å²) in [7, 11) is 0. The van der Waals surface area contributed by atoms with Crippen LogP contribution in [0, 0.1) is 11.3 Å². The maximum atomic E-state index is 3.75. The molecule has 19 heavy (non-hydrogen) atoms. The molecule has 0 heterocycles. The van der Waals surface area contributed by atoms with Gasteiger partial charge in [-0.05, 0) is 50.1 Å². The van der Waals surface area contributed by atoms with E-state index in [9.17, 15) is 0 Å². The van der Waals surface area contributed by atoms with Crippen LogP contribution >= 0.6 is 0 Å². The molecule has 0 amide bonds. The van der Waals surface area contributed by atoms with Crippen LogP contribution in [-0.4, -0.2) is 36.6 Å². The van der Waals surface area contributed by atoms with Crippen molar-refractivity contribution in [1.29, 1.82) is 0 Å². The van der Waals surface area contributed by atoms with Crippen LogP contribution in [-0.2, 0) is 0 Å². The Hall–Kier alpha value is -0.0800. The van der Waals surface area contributed by atoms with Crippen molar-refractivity contribution in [2.45, 2.75) is 79.3 Å². The molecule has 1 rings (SSSR count). The van der Waals surface area contributed by atoms with E-state index in [4.69, 9.17) is 0 Å². The summed E-state index contributed by atoms with van der Waals surface area (Å²) in [6.07, 6.45) is 5.36. The van der Waals surface area contributed by atoms with Gasteiger partial charge in [-0.25, -0.2) is 0 Å². The molecule has 1 N–H and O–H groups in total. The first-order chi connectivity index (χ1) is 8.84. The lowest BCUT2D eigenvalue weighted by Gasteiger charge is -2.34. The van der Waals surface area contributed by atoms with Crippen molar-refractivity contribution in [3.63, 3.8) is 0 Å². The van der Waals surface area contributed by atoms with Crippen molar-refractivity contribution in [3.05, 3.63) is 0 Å².